The molecule has 14 heterocycles. The number of piperidine rings is 10. The number of rotatable bonds is 16. The van der Waals surface area contributed by atoms with Gasteiger partial charge in [-0.25, -0.2) is 28.1 Å². The summed E-state index contributed by atoms with van der Waals surface area (Å²) in [6, 6.07) is 54.7. The Bertz CT molecular complexity index is 5460. The van der Waals surface area contributed by atoms with Crippen molar-refractivity contribution in [2.75, 3.05) is 179 Å². The molecular formula is C110H128Cl3F3N14O13. The topological polar surface area (TPSA) is 294 Å². The van der Waals surface area contributed by atoms with Crippen molar-refractivity contribution >= 4 is 139 Å². The minimum atomic E-state index is -0.843. The third-order valence-corrected chi connectivity index (χ3v) is 26.6. The van der Waals surface area contributed by atoms with Crippen LogP contribution in [0.1, 0.15) is 156 Å². The highest BCUT2D eigenvalue weighted by Gasteiger charge is 2.26. The zero-order chi connectivity index (χ0) is 101. The van der Waals surface area contributed by atoms with E-state index in [-0.39, 0.29) is 11.6 Å². The van der Waals surface area contributed by atoms with Gasteiger partial charge in [0, 0.05) is 370 Å². The number of aldehydes is 1. The van der Waals surface area contributed by atoms with Crippen molar-refractivity contribution in [3.05, 3.63) is 274 Å². The highest BCUT2D eigenvalue weighted by atomic mass is 35.5. The monoisotopic (exact) mass is 2010 g/mol. The molecule has 0 N–H and O–H groups in total. The number of benzene rings is 6. The second-order valence-corrected chi connectivity index (χ2v) is 37.0. The number of likely N-dealkylation sites (tertiary alicyclic amines) is 3. The number of aromatic nitrogens is 4. The molecule has 10 fully saturated rings. The molecule has 0 unspecified atom stereocenters. The van der Waals surface area contributed by atoms with Gasteiger partial charge < -0.3 is 48.4 Å². The third-order valence-electron chi connectivity index (χ3n) is 25.6. The first-order valence-electron chi connectivity index (χ1n) is 49.1. The van der Waals surface area contributed by atoms with Gasteiger partial charge in [0.05, 0.1) is 19.9 Å². The summed E-state index contributed by atoms with van der Waals surface area (Å²) >= 11 is 18.1. The molecule has 0 radical (unpaired) electrons. The van der Waals surface area contributed by atoms with E-state index in [9.17, 15) is 65.9 Å². The molecule has 10 aliphatic heterocycles. The number of Topliss-reactive ketones (excluding diaryl/α,β-unsaturated/α-hetero) is 10. The standard InChI is InChI=1S/C13H16FNO.C12H13Cl2NO.C12H15NO2.C12H13NO2.C11H12ClNO.C11H11F2NO.2C10H12N2O.C10H13NO2.C9H11N3O/c14-12-3-1-11(2-4-12)5-8-15-9-6-13(16)7-10-15;13-11-2-1-3-12(14)10(11)8-15-6-4-9(16)5-7-15;1-15-12-4-2-3-10(9-12)13-7-5-11(14)6-8-13;14-9-10-1-3-11(4-2-10)13-7-5-12(15)6-8-13;12-9-2-1-3-10(8-9)13-6-4-11(14)5-7-13;12-10-2-1-8(7-11(10)13)14-5-3-9(15)4-6-14;13-10-3-7-12(8-4-10)9-1-5-11-6-2-9;13-9-4-7-12(8-5-9)10-3-1-2-6-11-10;12-9-3-5-11(6-4-9)8-10-2-1-7-13-10;13-8-2-6-12(7-3-8)9-10-4-1-5-11-9/h1-4H,5-10H2;1-3H,4-8H2;2-4,9H,5-8H2,1H3;1-4,9H,5-8H2;1-3,8H,4-7H2;1-2,7H,3-6H2;1-2,5-6H,3-4,7-8H2;1-3,6H,4-5,7-8H2;1-2,7H,3-6,8H2;1,4-5H,2-3,6-7H2. The zero-order valence-electron chi connectivity index (χ0n) is 81.3. The van der Waals surface area contributed by atoms with E-state index >= 15 is 0 Å². The van der Waals surface area contributed by atoms with Crippen LogP contribution >= 0.6 is 34.8 Å². The van der Waals surface area contributed by atoms with Gasteiger partial charge in [0.15, 0.2) is 11.6 Å². The lowest BCUT2D eigenvalue weighted by molar-refractivity contribution is -0.122. The lowest BCUT2D eigenvalue weighted by atomic mass is 10.1. The summed E-state index contributed by atoms with van der Waals surface area (Å²) in [6.07, 6.45) is 25.1. The summed E-state index contributed by atoms with van der Waals surface area (Å²) in [7, 11) is 1.67. The number of nitrogens with zero attached hydrogens (tertiary/aromatic N) is 14. The number of ketones is 10. The summed E-state index contributed by atoms with van der Waals surface area (Å²) in [5, 5.41) is 2.15. The Morgan fingerprint density at radius 1 is 0.336 bits per heavy atom. The minimum Gasteiger partial charge on any atom is -0.497 e. The highest BCUT2D eigenvalue weighted by molar-refractivity contribution is 6.36. The Labute approximate surface area is 850 Å². The van der Waals surface area contributed by atoms with Crippen molar-refractivity contribution in [2.45, 2.75) is 148 Å². The molecule has 0 bridgehead atoms. The predicted molar refractivity (Wildman–Crippen MR) is 553 cm³/mol. The van der Waals surface area contributed by atoms with Crippen molar-refractivity contribution < 1.29 is 75.1 Å². The summed E-state index contributed by atoms with van der Waals surface area (Å²) in [6.45, 7) is 18.5. The van der Waals surface area contributed by atoms with Crippen LogP contribution in [-0.4, -0.2) is 243 Å². The van der Waals surface area contributed by atoms with Crippen LogP contribution in [0.15, 0.2) is 224 Å². The first-order chi connectivity index (χ1) is 69.3. The number of furan rings is 1. The van der Waals surface area contributed by atoms with Gasteiger partial charge in [0.1, 0.15) is 87.3 Å². The molecule has 33 heteroatoms. The van der Waals surface area contributed by atoms with Crippen LogP contribution < -0.4 is 39.0 Å². The van der Waals surface area contributed by atoms with Gasteiger partial charge in [-0.1, -0.05) is 71.2 Å². The quantitative estimate of drug-likeness (QED) is 0.0812. The first-order valence-corrected chi connectivity index (χ1v) is 50.2. The molecular weight excluding hydrogens is 1890 g/mol. The molecule has 0 spiro atoms. The van der Waals surface area contributed by atoms with Crippen LogP contribution in [0, 0.1) is 17.5 Å². The summed E-state index contributed by atoms with van der Waals surface area (Å²) in [5.41, 5.74) is 7.95. The Kier molecular flexibility index (Phi) is 46.4. The molecule has 758 valence electrons. The van der Waals surface area contributed by atoms with E-state index in [2.05, 4.69) is 65.2 Å². The number of hydrogen-bond acceptors (Lipinski definition) is 27. The van der Waals surface area contributed by atoms with Crippen molar-refractivity contribution in [2.24, 2.45) is 0 Å². The van der Waals surface area contributed by atoms with Gasteiger partial charge in [-0.05, 0) is 145 Å². The van der Waals surface area contributed by atoms with Crippen LogP contribution in [0.4, 0.5) is 53.4 Å². The molecule has 10 aromatic rings. The van der Waals surface area contributed by atoms with Gasteiger partial charge >= 0.3 is 0 Å². The Hall–Kier alpha value is -12.7. The minimum absolute atomic E-state index is 0.188. The molecule has 6 aromatic carbocycles. The summed E-state index contributed by atoms with van der Waals surface area (Å²) in [4.78, 5) is 159. The summed E-state index contributed by atoms with van der Waals surface area (Å²) in [5.74, 6) is 5.19. The van der Waals surface area contributed by atoms with E-state index in [1.807, 2.05) is 137 Å². The second-order valence-electron chi connectivity index (χ2n) is 35.8. The van der Waals surface area contributed by atoms with Crippen LogP contribution in [0.2, 0.25) is 15.1 Å². The fraction of sp³-hybridized carbons (Fsp3) is 0.409. The average molecular weight is 2020 g/mol. The molecule has 4 aromatic heterocycles. The number of carbonyl (C=O) groups is 11. The molecule has 10 saturated heterocycles. The number of carbonyl (C=O) groups excluding carboxylic acids is 11. The lowest BCUT2D eigenvalue weighted by Gasteiger charge is -2.28. The van der Waals surface area contributed by atoms with Gasteiger partial charge in [-0.3, -0.25) is 67.5 Å². The lowest BCUT2D eigenvalue weighted by Crippen LogP contribution is -2.35. The first kappa shape index (κ1) is 111. The van der Waals surface area contributed by atoms with E-state index in [0.29, 0.717) is 215 Å². The van der Waals surface area contributed by atoms with Crippen molar-refractivity contribution in [1.82, 2.24) is 34.6 Å². The molecule has 143 heavy (non-hydrogen) atoms. The summed E-state index contributed by atoms with van der Waals surface area (Å²) < 4.78 is 48.7. The fourth-order valence-corrected chi connectivity index (χ4v) is 17.6. The normalized spacial score (nSPS) is 17.4. The Morgan fingerprint density at radius 3 is 1.15 bits per heavy atom. The SMILES string of the molecule is COc1cccc(N2CCC(=O)CC2)c1.O=C1CCN(CCc2ccc(F)cc2)CC1.O=C1CCN(Cc2c(Cl)cccc2Cl)CC1.O=C1CCN(Cc2ccco2)CC1.O=C1CCN(c2ccc(F)c(F)c2)CC1.O=C1CCN(c2cccc(Cl)c2)CC1.O=C1CCN(c2ccccn2)CC1.O=C1CCN(c2ccncc2)CC1.O=C1CCN(c2ncccn2)CC1.O=Cc1ccc(N2CCC(=O)CC2)cc1. The number of halogens is 6. The number of anilines is 7. The zero-order valence-corrected chi connectivity index (χ0v) is 83.6. The molecule has 0 aliphatic carbocycles. The number of pyridine rings is 2. The molecule has 0 atom stereocenters. The predicted octanol–water partition coefficient (Wildman–Crippen LogP) is 18.0. The number of ether oxygens (including phenoxy) is 1. The van der Waals surface area contributed by atoms with Crippen LogP contribution in [0.25, 0.3) is 0 Å². The highest BCUT2D eigenvalue weighted by Crippen LogP contribution is 2.30. The molecule has 27 nitrogen and oxygen atoms in total. The van der Waals surface area contributed by atoms with E-state index in [4.69, 9.17) is 44.0 Å². The van der Waals surface area contributed by atoms with Gasteiger partial charge in [0.2, 0.25) is 5.95 Å². The largest absolute Gasteiger partial charge is 0.497 e. The van der Waals surface area contributed by atoms with E-state index in [1.165, 1.54) is 30.0 Å². The smallest absolute Gasteiger partial charge is 0.225 e. The maximum Gasteiger partial charge on any atom is 0.225 e. The van der Waals surface area contributed by atoms with Crippen molar-refractivity contribution in [1.29, 1.82) is 0 Å². The second kappa shape index (κ2) is 60.0. The van der Waals surface area contributed by atoms with Gasteiger partial charge in [-0.15, -0.1) is 0 Å². The van der Waals surface area contributed by atoms with E-state index in [0.717, 1.165) is 213 Å². The van der Waals surface area contributed by atoms with Crippen LogP contribution in [-0.2, 0) is 67.5 Å². The average Bonchev–Trinajstić information content (AvgIpc) is 0.908. The van der Waals surface area contributed by atoms with E-state index < -0.39 is 11.6 Å². The molecule has 10 aliphatic rings. The number of methoxy groups -OCH3 is 1. The van der Waals surface area contributed by atoms with E-state index in [1.54, 1.807) is 62.6 Å². The van der Waals surface area contributed by atoms with Crippen molar-refractivity contribution in [3.63, 3.8) is 0 Å². The third kappa shape index (κ3) is 39.5. The maximum absolute atomic E-state index is 12.9. The molecule has 0 amide bonds. The van der Waals surface area contributed by atoms with Gasteiger partial charge in [0.25, 0.3) is 0 Å². The fourth-order valence-electron chi connectivity index (χ4n) is 16.9. The van der Waals surface area contributed by atoms with Gasteiger partial charge in [-0.2, -0.15) is 0 Å². The molecule has 0 saturated carbocycles. The molecule has 20 rings (SSSR count). The Morgan fingerprint density at radius 2 is 0.727 bits per heavy atom. The maximum atomic E-state index is 12.9. The van der Waals surface area contributed by atoms with Crippen LogP contribution in [0.5, 0.6) is 5.75 Å². The van der Waals surface area contributed by atoms with Crippen molar-refractivity contribution in [3.8, 4) is 5.75 Å². The van der Waals surface area contributed by atoms with Crippen LogP contribution in [0.3, 0.4) is 0 Å². The Balaban J connectivity index is 0.000000152. The number of hydrogen-bond donors (Lipinski definition) is 0.